The van der Waals surface area contributed by atoms with Crippen LogP contribution >= 0.6 is 0 Å². The highest BCUT2D eigenvalue weighted by atomic mass is 16.5. The first-order chi connectivity index (χ1) is 24.3. The summed E-state index contributed by atoms with van der Waals surface area (Å²) in [4.78, 5) is 57.0. The highest BCUT2D eigenvalue weighted by Gasteiger charge is 2.55. The third-order valence-corrected chi connectivity index (χ3v) is 8.46. The van der Waals surface area contributed by atoms with E-state index in [0.717, 1.165) is 27.2 Å². The maximum Gasteiger partial charge on any atom is 0.408 e. The molecule has 3 N–H and O–H groups in total. The van der Waals surface area contributed by atoms with Crippen LogP contribution in [-0.2, 0) is 40.4 Å². The molecule has 0 aromatic heterocycles. The van der Waals surface area contributed by atoms with Crippen molar-refractivity contribution in [3.05, 3.63) is 138 Å². The van der Waals surface area contributed by atoms with Gasteiger partial charge in [-0.3, -0.25) is 14.5 Å². The van der Waals surface area contributed by atoms with Gasteiger partial charge in [-0.15, -0.1) is 0 Å². The predicted octanol–water partition coefficient (Wildman–Crippen LogP) is 4.82. The third-order valence-electron chi connectivity index (χ3n) is 8.46. The van der Waals surface area contributed by atoms with Crippen molar-refractivity contribution in [1.29, 1.82) is 0 Å². The number of carbonyl (C=O) groups excluding carboxylic acids is 4. The molecule has 1 saturated carbocycles. The van der Waals surface area contributed by atoms with Gasteiger partial charge in [0.05, 0.1) is 13.7 Å². The SMILES string of the molecule is COc1ccc(CCN(C(=O)N(Cc2ccccc2)C[C@H](O)C(=O)NCc2ccccc2)C(=O)C2(NC(=O)OCc3ccccc3)CC2)cc1. The van der Waals surface area contributed by atoms with E-state index in [1.807, 2.05) is 103 Å². The van der Waals surface area contributed by atoms with Gasteiger partial charge < -0.3 is 30.1 Å². The number of rotatable bonds is 15. The maximum atomic E-state index is 14.4. The van der Waals surface area contributed by atoms with Crippen molar-refractivity contribution in [2.24, 2.45) is 0 Å². The lowest BCUT2D eigenvalue weighted by Crippen LogP contribution is -2.57. The van der Waals surface area contributed by atoms with E-state index in [1.54, 1.807) is 19.2 Å². The number of urea groups is 1. The summed E-state index contributed by atoms with van der Waals surface area (Å²) in [5.74, 6) is -0.576. The Balaban J connectivity index is 1.35. The van der Waals surface area contributed by atoms with Gasteiger partial charge in [0, 0.05) is 19.6 Å². The van der Waals surface area contributed by atoms with Crippen LogP contribution in [0.5, 0.6) is 5.75 Å². The number of imide groups is 1. The van der Waals surface area contributed by atoms with E-state index in [9.17, 15) is 24.3 Å². The molecular formula is C39H42N4O7. The number of carbonyl (C=O) groups is 4. The molecule has 1 aliphatic carbocycles. The molecule has 1 fully saturated rings. The molecule has 1 aliphatic rings. The Bertz CT molecular complexity index is 1720. The van der Waals surface area contributed by atoms with E-state index in [-0.39, 0.29) is 32.8 Å². The summed E-state index contributed by atoms with van der Waals surface area (Å²) in [6.07, 6.45) is -1.39. The molecule has 4 aromatic carbocycles. The minimum atomic E-state index is -1.58. The quantitative estimate of drug-likeness (QED) is 0.164. The van der Waals surface area contributed by atoms with Crippen molar-refractivity contribution in [2.75, 3.05) is 20.2 Å². The minimum Gasteiger partial charge on any atom is -0.497 e. The number of hydrogen-bond acceptors (Lipinski definition) is 7. The molecule has 0 aliphatic heterocycles. The number of methoxy groups -OCH3 is 1. The highest BCUT2D eigenvalue weighted by Crippen LogP contribution is 2.38. The number of nitrogens with zero attached hydrogens (tertiary/aromatic N) is 2. The van der Waals surface area contributed by atoms with Gasteiger partial charge in [0.25, 0.3) is 11.8 Å². The molecule has 5 rings (SSSR count). The van der Waals surface area contributed by atoms with Crippen LogP contribution < -0.4 is 15.4 Å². The lowest BCUT2D eigenvalue weighted by atomic mass is 10.1. The smallest absolute Gasteiger partial charge is 0.408 e. The molecule has 4 aromatic rings. The highest BCUT2D eigenvalue weighted by molar-refractivity contribution is 6.02. The summed E-state index contributed by atoms with van der Waals surface area (Å²) in [5.41, 5.74) is 1.91. The van der Waals surface area contributed by atoms with Crippen LogP contribution in [0.3, 0.4) is 0 Å². The maximum absolute atomic E-state index is 14.4. The molecule has 0 spiro atoms. The van der Waals surface area contributed by atoms with Crippen LogP contribution in [0.15, 0.2) is 115 Å². The number of aliphatic hydroxyl groups is 1. The summed E-state index contributed by atoms with van der Waals surface area (Å²) >= 11 is 0. The Morgan fingerprint density at radius 1 is 0.780 bits per heavy atom. The Kier molecular flexibility index (Phi) is 12.2. The zero-order valence-corrected chi connectivity index (χ0v) is 28.0. The molecule has 5 amide bonds. The van der Waals surface area contributed by atoms with E-state index in [0.29, 0.717) is 25.0 Å². The number of nitrogens with one attached hydrogen (secondary N) is 2. The average Bonchev–Trinajstić information content (AvgIpc) is 3.94. The number of alkyl carbamates (subject to hydrolysis) is 1. The van der Waals surface area contributed by atoms with Gasteiger partial charge in [-0.2, -0.15) is 0 Å². The van der Waals surface area contributed by atoms with Crippen LogP contribution in [0.25, 0.3) is 0 Å². The molecule has 0 unspecified atom stereocenters. The topological polar surface area (TPSA) is 138 Å². The van der Waals surface area contributed by atoms with Crippen molar-refractivity contribution in [3.8, 4) is 5.75 Å². The summed E-state index contributed by atoms with van der Waals surface area (Å²) in [6.45, 7) is -0.153. The van der Waals surface area contributed by atoms with Crippen molar-refractivity contribution >= 4 is 23.9 Å². The van der Waals surface area contributed by atoms with Crippen molar-refractivity contribution in [1.82, 2.24) is 20.4 Å². The van der Waals surface area contributed by atoms with Crippen molar-refractivity contribution < 1.29 is 33.8 Å². The predicted molar refractivity (Wildman–Crippen MR) is 187 cm³/mol. The minimum absolute atomic E-state index is 0.0198. The van der Waals surface area contributed by atoms with Crippen LogP contribution in [0.1, 0.15) is 35.1 Å². The normalized spacial score (nSPS) is 13.3. The Labute approximate surface area is 291 Å². The molecule has 0 radical (unpaired) electrons. The standard InChI is InChI=1S/C39H42N4O7/c1-49-33-19-17-29(18-20-33)21-24-43(36(46)39(22-23-39)41-37(47)50-28-32-15-9-4-10-16-32)38(48)42(26-31-13-7-3-8-14-31)27-34(44)35(45)40-25-30-11-5-2-6-12-30/h2-20,34,44H,21-28H2,1H3,(H,40,45)(H,41,47)/t34-/m0/s1. The van der Waals surface area contributed by atoms with Gasteiger partial charge in [-0.25, -0.2) is 9.59 Å². The Morgan fingerprint density at radius 2 is 1.36 bits per heavy atom. The molecule has 11 nitrogen and oxygen atoms in total. The van der Waals surface area contributed by atoms with Crippen LogP contribution in [0.4, 0.5) is 9.59 Å². The van der Waals surface area contributed by atoms with Gasteiger partial charge in [0.15, 0.2) is 0 Å². The molecule has 0 saturated heterocycles. The fourth-order valence-electron chi connectivity index (χ4n) is 5.43. The van der Waals surface area contributed by atoms with E-state index in [2.05, 4.69) is 10.6 Å². The second kappa shape index (κ2) is 17.1. The Morgan fingerprint density at radius 3 is 1.94 bits per heavy atom. The van der Waals surface area contributed by atoms with E-state index < -0.39 is 35.6 Å². The lowest BCUT2D eigenvalue weighted by Gasteiger charge is -2.33. The van der Waals surface area contributed by atoms with Gasteiger partial charge in [-0.05, 0) is 53.6 Å². The van der Waals surface area contributed by atoms with E-state index >= 15 is 0 Å². The second-order valence-electron chi connectivity index (χ2n) is 12.2. The van der Waals surface area contributed by atoms with Crippen LogP contribution in [0, 0.1) is 0 Å². The summed E-state index contributed by atoms with van der Waals surface area (Å²) < 4.78 is 10.7. The first-order valence-electron chi connectivity index (χ1n) is 16.5. The number of benzene rings is 4. The first-order valence-corrected chi connectivity index (χ1v) is 16.5. The van der Waals surface area contributed by atoms with Gasteiger partial charge in [0.1, 0.15) is 24.0 Å². The van der Waals surface area contributed by atoms with Gasteiger partial charge in [0.2, 0.25) is 0 Å². The van der Waals surface area contributed by atoms with Crippen molar-refractivity contribution in [3.63, 3.8) is 0 Å². The third kappa shape index (κ3) is 9.93. The van der Waals surface area contributed by atoms with Crippen LogP contribution in [0.2, 0.25) is 0 Å². The summed E-state index contributed by atoms with van der Waals surface area (Å²) in [6, 6.07) is 34.1. The average molecular weight is 679 g/mol. The fraction of sp³-hybridized carbons (Fsp3) is 0.282. The second-order valence-corrected chi connectivity index (χ2v) is 12.2. The zero-order chi connectivity index (χ0) is 35.3. The number of ether oxygens (including phenoxy) is 2. The van der Waals surface area contributed by atoms with Gasteiger partial charge in [-0.1, -0.05) is 103 Å². The lowest BCUT2D eigenvalue weighted by molar-refractivity contribution is -0.132. The molecule has 50 heavy (non-hydrogen) atoms. The molecule has 0 heterocycles. The van der Waals surface area contributed by atoms with Gasteiger partial charge >= 0.3 is 12.1 Å². The number of hydrogen-bond donors (Lipinski definition) is 3. The molecule has 260 valence electrons. The van der Waals surface area contributed by atoms with Crippen molar-refractivity contribution in [2.45, 2.75) is 50.6 Å². The first kappa shape index (κ1) is 35.6. The Hall–Kier alpha value is -5.68. The zero-order valence-electron chi connectivity index (χ0n) is 28.0. The number of aliphatic hydroxyl groups excluding tert-OH is 1. The molecule has 11 heteroatoms. The van der Waals surface area contributed by atoms with Crippen LogP contribution in [-0.4, -0.2) is 70.7 Å². The monoisotopic (exact) mass is 678 g/mol. The molecule has 1 atom stereocenters. The number of amides is 5. The van der Waals surface area contributed by atoms with E-state index in [1.165, 1.54) is 4.90 Å². The molecule has 0 bridgehead atoms. The van der Waals surface area contributed by atoms with E-state index in [4.69, 9.17) is 9.47 Å². The summed E-state index contributed by atoms with van der Waals surface area (Å²) in [7, 11) is 1.57. The fourth-order valence-corrected chi connectivity index (χ4v) is 5.43. The molecular weight excluding hydrogens is 636 g/mol. The summed E-state index contributed by atoms with van der Waals surface area (Å²) in [5, 5.41) is 16.4. The largest absolute Gasteiger partial charge is 0.497 e.